The summed E-state index contributed by atoms with van der Waals surface area (Å²) < 4.78 is 27.3. The lowest BCUT2D eigenvalue weighted by Crippen LogP contribution is -2.39. The van der Waals surface area contributed by atoms with Crippen LogP contribution in [0.25, 0.3) is 35.6 Å². The number of carbonyl (C=O) groups is 2. The Morgan fingerprint density at radius 2 is 1.06 bits per heavy atom. The molecule has 6 heterocycles. The highest BCUT2D eigenvalue weighted by molar-refractivity contribution is 7.98. The Labute approximate surface area is 420 Å². The molecule has 15 heteroatoms. The van der Waals surface area contributed by atoms with Crippen LogP contribution in [-0.4, -0.2) is 94.1 Å². The third-order valence-electron chi connectivity index (χ3n) is 12.6. The number of carbonyl (C=O) groups excluding carboxylic acids is 2. The van der Waals surface area contributed by atoms with E-state index in [1.165, 1.54) is 0 Å². The highest BCUT2D eigenvalue weighted by Crippen LogP contribution is 2.32. The molecule has 2 saturated heterocycles. The van der Waals surface area contributed by atoms with Crippen molar-refractivity contribution < 1.29 is 23.3 Å². The summed E-state index contributed by atoms with van der Waals surface area (Å²) in [6.07, 6.45) is 18.5. The van der Waals surface area contributed by atoms with E-state index >= 15 is 0 Å². The van der Waals surface area contributed by atoms with E-state index in [1.807, 2.05) is 149 Å². The quantitative estimate of drug-likeness (QED) is 0.0859. The van der Waals surface area contributed by atoms with Crippen molar-refractivity contribution in [1.82, 2.24) is 39.0 Å². The summed E-state index contributed by atoms with van der Waals surface area (Å²) in [6, 6.07) is 43.6. The van der Waals surface area contributed by atoms with E-state index in [9.17, 15) is 13.8 Å². The Morgan fingerprint density at radius 3 is 1.52 bits per heavy atom. The zero-order valence-electron chi connectivity index (χ0n) is 39.8. The van der Waals surface area contributed by atoms with Crippen molar-refractivity contribution in [2.75, 3.05) is 38.7 Å². The number of ether oxygens (including phenoxy) is 2. The number of rotatable bonds is 12. The molecule has 3 atom stereocenters. The summed E-state index contributed by atoms with van der Waals surface area (Å²) in [7, 11) is -1.26. The number of likely N-dealkylation sites (tertiary alicyclic amines) is 2. The van der Waals surface area contributed by atoms with Crippen LogP contribution in [0.4, 0.5) is 9.59 Å². The normalized spacial score (nSPS) is 16.5. The van der Waals surface area contributed by atoms with Crippen LogP contribution in [0.2, 0.25) is 0 Å². The maximum absolute atomic E-state index is 12.8. The SMILES string of the molecule is CS(=O)c1cc(C2CCCN(C(=O)OCc3ccccc3)C2)nc2c(/C=C/c3ccccc3)cnn12.CSc1cc(C2CCCN(C(=O)OCc3ccccc3)C2)nc2c(/C=C/c3ccccc3)cnn12. The molecule has 2 fully saturated rings. The van der Waals surface area contributed by atoms with Crippen molar-refractivity contribution in [2.45, 2.75) is 60.8 Å². The van der Waals surface area contributed by atoms with Crippen molar-refractivity contribution in [3.05, 3.63) is 191 Å². The van der Waals surface area contributed by atoms with Gasteiger partial charge in [0.05, 0.1) is 34.6 Å². The fourth-order valence-electron chi connectivity index (χ4n) is 8.83. The molecule has 0 radical (unpaired) electrons. The van der Waals surface area contributed by atoms with Gasteiger partial charge >= 0.3 is 12.2 Å². The lowest BCUT2D eigenvalue weighted by atomic mass is 9.95. The van der Waals surface area contributed by atoms with E-state index in [0.29, 0.717) is 36.9 Å². The first-order valence-electron chi connectivity index (χ1n) is 23.8. The summed E-state index contributed by atoms with van der Waals surface area (Å²) >= 11 is 1.65. The predicted octanol–water partition coefficient (Wildman–Crippen LogP) is 11.3. The van der Waals surface area contributed by atoms with Crippen molar-refractivity contribution in [1.29, 1.82) is 0 Å². The second kappa shape index (κ2) is 23.5. The molecule has 2 amide bonds. The average molecular weight is 985 g/mol. The van der Waals surface area contributed by atoms with Gasteiger partial charge in [-0.05, 0) is 78.5 Å². The molecular formula is C56H56N8O5S2. The van der Waals surface area contributed by atoms with Gasteiger partial charge in [-0.2, -0.15) is 10.2 Å². The van der Waals surface area contributed by atoms with Crippen LogP contribution >= 0.6 is 11.8 Å². The monoisotopic (exact) mass is 984 g/mol. The molecule has 0 aliphatic carbocycles. The number of hydrogen-bond acceptors (Lipinski definition) is 10. The first-order chi connectivity index (χ1) is 34.8. The lowest BCUT2D eigenvalue weighted by Gasteiger charge is -2.32. The summed E-state index contributed by atoms with van der Waals surface area (Å²) in [6.45, 7) is 3.01. The Hall–Kier alpha value is -7.36. The topological polar surface area (TPSA) is 137 Å². The molecule has 4 aromatic carbocycles. The van der Waals surface area contributed by atoms with Gasteiger partial charge in [-0.1, -0.05) is 133 Å². The van der Waals surface area contributed by atoms with E-state index < -0.39 is 10.8 Å². The van der Waals surface area contributed by atoms with Gasteiger partial charge in [0.1, 0.15) is 23.3 Å². The molecule has 3 unspecified atom stereocenters. The highest BCUT2D eigenvalue weighted by atomic mass is 32.2. The first kappa shape index (κ1) is 48.7. The fraction of sp³-hybridized carbons (Fsp3) is 0.250. The second-order valence-corrected chi connectivity index (χ2v) is 19.7. The second-order valence-electron chi connectivity index (χ2n) is 17.5. The molecule has 0 spiro atoms. The third-order valence-corrected chi connectivity index (χ3v) is 14.2. The van der Waals surface area contributed by atoms with E-state index in [1.54, 1.807) is 33.6 Å². The Morgan fingerprint density at radius 1 is 0.620 bits per heavy atom. The van der Waals surface area contributed by atoms with Gasteiger partial charge in [0, 0.05) is 55.4 Å². The number of fused-ring (bicyclic) bond motifs is 2. The van der Waals surface area contributed by atoms with Gasteiger partial charge in [-0.15, -0.1) is 11.8 Å². The molecule has 0 bridgehead atoms. The third kappa shape index (κ3) is 12.3. The van der Waals surface area contributed by atoms with E-state index in [2.05, 4.69) is 40.5 Å². The summed E-state index contributed by atoms with van der Waals surface area (Å²) in [5.74, 6) is 0.181. The molecule has 8 aromatic rings. The average Bonchev–Trinajstić information content (AvgIpc) is 4.05. The first-order valence-corrected chi connectivity index (χ1v) is 26.6. The number of amides is 2. The zero-order chi connectivity index (χ0) is 48.9. The van der Waals surface area contributed by atoms with Crippen LogP contribution in [0.15, 0.2) is 156 Å². The van der Waals surface area contributed by atoms with E-state index in [-0.39, 0.29) is 37.2 Å². The van der Waals surface area contributed by atoms with Gasteiger partial charge in [0.2, 0.25) is 0 Å². The number of benzene rings is 4. The molecular weight excluding hydrogens is 929 g/mol. The number of hydrogen-bond donors (Lipinski definition) is 0. The fourth-order valence-corrected chi connectivity index (χ4v) is 10.0. The van der Waals surface area contributed by atoms with Crippen LogP contribution < -0.4 is 0 Å². The minimum Gasteiger partial charge on any atom is -0.445 e. The number of thioether (sulfide) groups is 1. The Kier molecular flexibility index (Phi) is 16.1. The van der Waals surface area contributed by atoms with E-state index in [0.717, 1.165) is 81.1 Å². The molecule has 362 valence electrons. The maximum atomic E-state index is 12.8. The van der Waals surface area contributed by atoms with Crippen molar-refractivity contribution in [3.63, 3.8) is 0 Å². The number of piperidine rings is 2. The lowest BCUT2D eigenvalue weighted by molar-refractivity contribution is 0.0850. The van der Waals surface area contributed by atoms with Crippen LogP contribution in [-0.2, 0) is 33.5 Å². The van der Waals surface area contributed by atoms with Gasteiger partial charge in [0.25, 0.3) is 0 Å². The highest BCUT2D eigenvalue weighted by Gasteiger charge is 2.30. The minimum absolute atomic E-state index is 0.0242. The van der Waals surface area contributed by atoms with Crippen LogP contribution in [0.3, 0.4) is 0 Å². The molecule has 4 aromatic heterocycles. The Bertz CT molecular complexity index is 3150. The smallest absolute Gasteiger partial charge is 0.410 e. The van der Waals surface area contributed by atoms with Crippen LogP contribution in [0.1, 0.15) is 82.3 Å². The van der Waals surface area contributed by atoms with Crippen LogP contribution in [0.5, 0.6) is 0 Å². The molecule has 71 heavy (non-hydrogen) atoms. The molecule has 2 aliphatic rings. The maximum Gasteiger partial charge on any atom is 0.410 e. The molecule has 0 saturated carbocycles. The van der Waals surface area contributed by atoms with E-state index in [4.69, 9.17) is 19.4 Å². The molecule has 2 aliphatic heterocycles. The van der Waals surface area contributed by atoms with Gasteiger partial charge in [0.15, 0.2) is 11.3 Å². The summed E-state index contributed by atoms with van der Waals surface area (Å²) in [5, 5.41) is 10.7. The van der Waals surface area contributed by atoms with Gasteiger partial charge < -0.3 is 19.3 Å². The predicted molar refractivity (Wildman–Crippen MR) is 281 cm³/mol. The molecule has 0 N–H and O–H groups in total. The largest absolute Gasteiger partial charge is 0.445 e. The Balaban J connectivity index is 0.000000176. The number of aromatic nitrogens is 6. The minimum atomic E-state index is -1.26. The summed E-state index contributed by atoms with van der Waals surface area (Å²) in [5.41, 5.74) is 9.29. The molecule has 13 nitrogen and oxygen atoms in total. The number of nitrogens with zero attached hydrogens (tertiary/aromatic N) is 8. The summed E-state index contributed by atoms with van der Waals surface area (Å²) in [4.78, 5) is 39.1. The van der Waals surface area contributed by atoms with Crippen molar-refractivity contribution >= 4 is 70.3 Å². The standard InChI is InChI=1S/C28H28N4O3S.C28H28N4O2S/c1-36(34)26-17-25(30-27-23(18-29-32(26)27)15-14-21-9-4-2-5-10-21)24-13-8-16-31(19-24)28(33)35-20-22-11-6-3-7-12-22;1-35-26-17-25(30-27-23(18-29-32(26)27)15-14-21-9-4-2-5-10-21)24-13-8-16-31(19-24)28(33)34-20-22-11-6-3-7-12-22/h2-7,9-12,14-15,17-18,24H,8,13,16,19-20H2,1H3;2-7,9-12,14-15,17-18,24H,8,13,16,19-20H2,1H3/b2*15-14+. The van der Waals surface area contributed by atoms with Crippen molar-refractivity contribution in [2.24, 2.45) is 0 Å². The molecule has 10 rings (SSSR count). The van der Waals surface area contributed by atoms with Gasteiger partial charge in [-0.25, -0.2) is 28.6 Å². The van der Waals surface area contributed by atoms with Crippen LogP contribution in [0, 0.1) is 0 Å². The van der Waals surface area contributed by atoms with Gasteiger partial charge in [-0.3, -0.25) is 4.21 Å². The van der Waals surface area contributed by atoms with Crippen molar-refractivity contribution in [3.8, 4) is 0 Å². The zero-order valence-corrected chi connectivity index (χ0v) is 41.5.